The molecule has 120 valence electrons. The summed E-state index contributed by atoms with van der Waals surface area (Å²) >= 11 is 0. The molecule has 1 saturated heterocycles. The van der Waals surface area contributed by atoms with Gasteiger partial charge in [-0.15, -0.1) is 0 Å². The highest BCUT2D eigenvalue weighted by atomic mass is 16.5. The van der Waals surface area contributed by atoms with Crippen LogP contribution in [0.15, 0.2) is 5.16 Å². The van der Waals surface area contributed by atoms with E-state index in [4.69, 9.17) is 15.7 Å². The van der Waals surface area contributed by atoms with Gasteiger partial charge in [0.05, 0.1) is 12.1 Å². The van der Waals surface area contributed by atoms with Crippen LogP contribution in [0.3, 0.4) is 0 Å². The van der Waals surface area contributed by atoms with E-state index < -0.39 is 0 Å². The minimum absolute atomic E-state index is 0.0346. The molecule has 2 fully saturated rings. The van der Waals surface area contributed by atoms with E-state index in [1.54, 1.807) is 0 Å². The third kappa shape index (κ3) is 4.88. The van der Waals surface area contributed by atoms with Crippen LogP contribution in [0.4, 0.5) is 0 Å². The molecule has 0 aromatic heterocycles. The van der Waals surface area contributed by atoms with Gasteiger partial charge in [-0.2, -0.15) is 0 Å². The van der Waals surface area contributed by atoms with Gasteiger partial charge in [-0.3, -0.25) is 4.79 Å². The van der Waals surface area contributed by atoms with Crippen molar-refractivity contribution in [2.45, 2.75) is 69.9 Å². The third-order valence-corrected chi connectivity index (χ3v) is 4.59. The Bertz CT molecular complexity index is 361. The molecule has 0 spiro atoms. The van der Waals surface area contributed by atoms with Crippen LogP contribution in [-0.4, -0.2) is 35.7 Å². The average Bonchev–Trinajstić information content (AvgIpc) is 3.04. The highest BCUT2D eigenvalue weighted by Crippen LogP contribution is 2.27. The zero-order valence-corrected chi connectivity index (χ0v) is 12.6. The van der Waals surface area contributed by atoms with Crippen molar-refractivity contribution in [2.75, 3.05) is 6.61 Å². The van der Waals surface area contributed by atoms with Crippen LogP contribution in [0.5, 0.6) is 0 Å². The largest absolute Gasteiger partial charge is 0.409 e. The van der Waals surface area contributed by atoms with Crippen LogP contribution in [-0.2, 0) is 9.53 Å². The Balaban J connectivity index is 1.83. The second kappa shape index (κ2) is 8.22. The van der Waals surface area contributed by atoms with Gasteiger partial charge in [0.2, 0.25) is 5.91 Å². The molecular weight excluding hydrogens is 270 g/mol. The summed E-state index contributed by atoms with van der Waals surface area (Å²) in [5, 5.41) is 15.0. The van der Waals surface area contributed by atoms with E-state index in [9.17, 15) is 4.79 Å². The van der Waals surface area contributed by atoms with E-state index in [0.29, 0.717) is 6.42 Å². The van der Waals surface area contributed by atoms with Crippen LogP contribution < -0.4 is 11.1 Å². The van der Waals surface area contributed by atoms with Crippen molar-refractivity contribution in [2.24, 2.45) is 16.8 Å². The molecule has 6 nitrogen and oxygen atoms in total. The van der Waals surface area contributed by atoms with Gasteiger partial charge in [-0.05, 0) is 38.0 Å². The number of amidine groups is 1. The lowest BCUT2D eigenvalue weighted by Crippen LogP contribution is -2.49. The molecular formula is C15H27N3O3. The minimum Gasteiger partial charge on any atom is -0.409 e. The second-order valence-electron chi connectivity index (χ2n) is 6.14. The summed E-state index contributed by atoms with van der Waals surface area (Å²) in [6.45, 7) is 0.807. The molecule has 1 saturated carbocycles. The molecule has 2 atom stereocenters. The average molecular weight is 297 g/mol. The maximum absolute atomic E-state index is 12.1. The monoisotopic (exact) mass is 297 g/mol. The lowest BCUT2D eigenvalue weighted by atomic mass is 9.83. The Hall–Kier alpha value is -1.30. The lowest BCUT2D eigenvalue weighted by molar-refractivity contribution is -0.122. The number of carbonyl (C=O) groups excluding carboxylic acids is 1. The standard InChI is InChI=1S/C15H27N3O3/c16-15(18-20)14(11-5-2-1-3-6-11)17-13(19)9-8-12-7-4-10-21-12/h11-12,14,20H,1-10H2,(H2,16,18)(H,17,19). The Kier molecular flexibility index (Phi) is 6.29. The molecule has 21 heavy (non-hydrogen) atoms. The van der Waals surface area contributed by atoms with E-state index in [1.165, 1.54) is 6.42 Å². The predicted molar refractivity (Wildman–Crippen MR) is 80.1 cm³/mol. The van der Waals surface area contributed by atoms with Crippen LogP contribution in [0.1, 0.15) is 57.8 Å². The van der Waals surface area contributed by atoms with E-state index in [2.05, 4.69) is 10.5 Å². The fourth-order valence-electron chi connectivity index (χ4n) is 3.37. The maximum Gasteiger partial charge on any atom is 0.220 e. The van der Waals surface area contributed by atoms with Gasteiger partial charge < -0.3 is 21.0 Å². The number of rotatable bonds is 6. The number of nitrogens with zero attached hydrogens (tertiary/aromatic N) is 1. The third-order valence-electron chi connectivity index (χ3n) is 4.59. The molecule has 2 unspecified atom stereocenters. The van der Waals surface area contributed by atoms with Crippen LogP contribution in [0.25, 0.3) is 0 Å². The zero-order chi connectivity index (χ0) is 15.1. The first-order valence-electron chi connectivity index (χ1n) is 8.09. The Labute approximate surface area is 126 Å². The predicted octanol–water partition coefficient (Wildman–Crippen LogP) is 1.76. The number of hydrogen-bond acceptors (Lipinski definition) is 4. The fourth-order valence-corrected chi connectivity index (χ4v) is 3.37. The van der Waals surface area contributed by atoms with Crippen molar-refractivity contribution >= 4 is 11.7 Å². The van der Waals surface area contributed by atoms with Crippen molar-refractivity contribution < 1.29 is 14.7 Å². The fraction of sp³-hybridized carbons (Fsp3) is 0.867. The molecule has 1 amide bonds. The smallest absolute Gasteiger partial charge is 0.220 e. The number of hydrogen-bond donors (Lipinski definition) is 3. The quantitative estimate of drug-likeness (QED) is 0.301. The highest BCUT2D eigenvalue weighted by molar-refractivity contribution is 5.90. The van der Waals surface area contributed by atoms with Crippen molar-refractivity contribution in [1.82, 2.24) is 5.32 Å². The first-order valence-corrected chi connectivity index (χ1v) is 8.09. The molecule has 1 aliphatic heterocycles. The SMILES string of the molecule is NC(=NO)C(NC(=O)CCC1CCCO1)C1CCCCC1. The number of nitrogens with two attached hydrogens (primary N) is 1. The highest BCUT2D eigenvalue weighted by Gasteiger charge is 2.28. The van der Waals surface area contributed by atoms with Gasteiger partial charge in [0.25, 0.3) is 0 Å². The second-order valence-corrected chi connectivity index (χ2v) is 6.14. The molecule has 4 N–H and O–H groups in total. The number of nitrogens with one attached hydrogen (secondary N) is 1. The molecule has 0 bridgehead atoms. The lowest BCUT2D eigenvalue weighted by Gasteiger charge is -2.30. The zero-order valence-electron chi connectivity index (χ0n) is 12.6. The van der Waals surface area contributed by atoms with Gasteiger partial charge in [0.1, 0.15) is 0 Å². The Morgan fingerprint density at radius 1 is 1.29 bits per heavy atom. The van der Waals surface area contributed by atoms with Gasteiger partial charge in [0.15, 0.2) is 5.84 Å². The van der Waals surface area contributed by atoms with Crippen molar-refractivity contribution in [1.29, 1.82) is 0 Å². The maximum atomic E-state index is 12.1. The van der Waals surface area contributed by atoms with E-state index in [1.807, 2.05) is 0 Å². The summed E-state index contributed by atoms with van der Waals surface area (Å²) in [4.78, 5) is 12.1. The summed E-state index contributed by atoms with van der Waals surface area (Å²) in [5.41, 5.74) is 5.78. The first kappa shape index (κ1) is 16.1. The number of oxime groups is 1. The molecule has 0 aromatic carbocycles. The molecule has 2 aliphatic rings. The molecule has 6 heteroatoms. The summed E-state index contributed by atoms with van der Waals surface area (Å²) in [6, 6.07) is -0.340. The summed E-state index contributed by atoms with van der Waals surface area (Å²) in [5.74, 6) is 0.362. The first-order chi connectivity index (χ1) is 10.2. The van der Waals surface area contributed by atoms with Gasteiger partial charge in [-0.1, -0.05) is 24.4 Å². The Morgan fingerprint density at radius 3 is 2.67 bits per heavy atom. The molecule has 1 aliphatic carbocycles. The minimum atomic E-state index is -0.340. The van der Waals surface area contributed by atoms with Gasteiger partial charge >= 0.3 is 0 Å². The van der Waals surface area contributed by atoms with Gasteiger partial charge in [0, 0.05) is 13.0 Å². The molecule has 0 radical (unpaired) electrons. The van der Waals surface area contributed by atoms with E-state index in [0.717, 1.165) is 51.6 Å². The normalized spacial score (nSPS) is 25.7. The van der Waals surface area contributed by atoms with Crippen molar-refractivity contribution in [3.8, 4) is 0 Å². The molecule has 0 aromatic rings. The van der Waals surface area contributed by atoms with E-state index in [-0.39, 0.29) is 29.8 Å². The Morgan fingerprint density at radius 2 is 2.05 bits per heavy atom. The number of ether oxygens (including phenoxy) is 1. The summed E-state index contributed by atoms with van der Waals surface area (Å²) < 4.78 is 5.52. The van der Waals surface area contributed by atoms with Crippen LogP contribution >= 0.6 is 0 Å². The summed E-state index contributed by atoms with van der Waals surface area (Å²) in [7, 11) is 0. The topological polar surface area (TPSA) is 96.9 Å². The number of amides is 1. The van der Waals surface area contributed by atoms with Gasteiger partial charge in [-0.25, -0.2) is 0 Å². The molecule has 1 heterocycles. The van der Waals surface area contributed by atoms with Crippen molar-refractivity contribution in [3.63, 3.8) is 0 Å². The number of carbonyl (C=O) groups is 1. The summed E-state index contributed by atoms with van der Waals surface area (Å²) in [6.07, 6.45) is 9.09. The molecule has 2 rings (SSSR count). The van der Waals surface area contributed by atoms with Crippen LogP contribution in [0.2, 0.25) is 0 Å². The van der Waals surface area contributed by atoms with Crippen molar-refractivity contribution in [3.05, 3.63) is 0 Å². The van der Waals surface area contributed by atoms with E-state index >= 15 is 0 Å². The van der Waals surface area contributed by atoms with Crippen LogP contribution in [0, 0.1) is 5.92 Å².